The summed E-state index contributed by atoms with van der Waals surface area (Å²) in [6.45, 7) is 5.50. The lowest BCUT2D eigenvalue weighted by Gasteiger charge is -2.15. The van der Waals surface area contributed by atoms with E-state index in [9.17, 15) is 18.4 Å². The number of carbonyl (C=O) groups excluding carboxylic acids is 1. The average Bonchev–Trinajstić information content (AvgIpc) is 3.23. The van der Waals surface area contributed by atoms with Gasteiger partial charge in [-0.1, -0.05) is 54.2 Å². The van der Waals surface area contributed by atoms with Gasteiger partial charge in [-0.25, -0.2) is 13.8 Å². The molecule has 0 aliphatic rings. The molecule has 168 valence electrons. The summed E-state index contributed by atoms with van der Waals surface area (Å²) in [5.41, 5.74) is 0.957. The van der Waals surface area contributed by atoms with E-state index in [4.69, 9.17) is 0 Å². The van der Waals surface area contributed by atoms with Gasteiger partial charge < -0.3 is 5.32 Å². The molecule has 1 amide bonds. The van der Waals surface area contributed by atoms with Crippen LogP contribution in [0.2, 0.25) is 0 Å². The maximum atomic E-state index is 13.9. The third-order valence-electron chi connectivity index (χ3n) is 4.92. The highest BCUT2D eigenvalue weighted by atomic mass is 32.2. The molecule has 4 rings (SSSR count). The van der Waals surface area contributed by atoms with E-state index >= 15 is 0 Å². The molecule has 33 heavy (non-hydrogen) atoms. The highest BCUT2D eigenvalue weighted by Crippen LogP contribution is 2.33. The number of halogens is 2. The van der Waals surface area contributed by atoms with Crippen LogP contribution in [0.3, 0.4) is 0 Å². The smallest absolute Gasteiger partial charge is 0.263 e. The minimum Gasteiger partial charge on any atom is -0.320 e. The molecule has 0 saturated heterocycles. The molecule has 4 aromatic rings. The molecule has 1 unspecified atom stereocenters. The minimum atomic E-state index is -0.865. The summed E-state index contributed by atoms with van der Waals surface area (Å²) >= 11 is 2.38. The van der Waals surface area contributed by atoms with Crippen molar-refractivity contribution in [1.82, 2.24) is 9.55 Å². The zero-order chi connectivity index (χ0) is 23.5. The molecule has 2 aromatic carbocycles. The van der Waals surface area contributed by atoms with Crippen LogP contribution >= 0.6 is 23.1 Å². The summed E-state index contributed by atoms with van der Waals surface area (Å²) in [5.74, 6) is -2.34. The number of nitrogens with one attached hydrogen (secondary N) is 1. The Bertz CT molecular complexity index is 1380. The number of amides is 1. The number of anilines is 1. The normalized spacial score (nSPS) is 12.0. The van der Waals surface area contributed by atoms with Crippen LogP contribution in [0.4, 0.5) is 14.5 Å². The number of rotatable bonds is 7. The Hall–Kier alpha value is -3.30. The molecular weight excluding hydrogens is 464 g/mol. The van der Waals surface area contributed by atoms with E-state index in [0.717, 1.165) is 35.0 Å². The number of nitrogens with zero attached hydrogens (tertiary/aromatic N) is 2. The van der Waals surface area contributed by atoms with Gasteiger partial charge in [0.1, 0.15) is 22.2 Å². The zero-order valence-corrected chi connectivity index (χ0v) is 19.2. The van der Waals surface area contributed by atoms with Gasteiger partial charge in [0.05, 0.1) is 10.6 Å². The van der Waals surface area contributed by atoms with Gasteiger partial charge in [-0.3, -0.25) is 14.2 Å². The third-order valence-corrected chi connectivity index (χ3v) is 6.88. The second kappa shape index (κ2) is 9.68. The summed E-state index contributed by atoms with van der Waals surface area (Å²) in [4.78, 5) is 31.2. The Labute approximate surface area is 196 Å². The summed E-state index contributed by atoms with van der Waals surface area (Å²) in [6.07, 6.45) is 1.58. The number of hydrogen-bond donors (Lipinski definition) is 1. The predicted molar refractivity (Wildman–Crippen MR) is 130 cm³/mol. The molecule has 2 heterocycles. The van der Waals surface area contributed by atoms with Crippen LogP contribution < -0.4 is 10.9 Å². The minimum absolute atomic E-state index is 0.199. The van der Waals surface area contributed by atoms with Gasteiger partial charge in [0.25, 0.3) is 5.56 Å². The molecule has 0 radical (unpaired) electrons. The van der Waals surface area contributed by atoms with Crippen molar-refractivity contribution in [3.05, 3.63) is 88.6 Å². The van der Waals surface area contributed by atoms with Crippen LogP contribution in [-0.2, 0) is 11.3 Å². The number of aromatic nitrogens is 2. The number of para-hydroxylation sites is 1. The third kappa shape index (κ3) is 4.60. The maximum Gasteiger partial charge on any atom is 0.263 e. The van der Waals surface area contributed by atoms with Crippen LogP contribution in [0.15, 0.2) is 76.5 Å². The first-order valence-corrected chi connectivity index (χ1v) is 11.8. The molecule has 0 aliphatic heterocycles. The van der Waals surface area contributed by atoms with E-state index in [1.165, 1.54) is 22.0 Å². The van der Waals surface area contributed by atoms with Crippen molar-refractivity contribution in [1.29, 1.82) is 0 Å². The van der Waals surface area contributed by atoms with E-state index in [1.54, 1.807) is 13.0 Å². The first-order valence-electron chi connectivity index (χ1n) is 10.0. The van der Waals surface area contributed by atoms with Crippen molar-refractivity contribution in [2.75, 3.05) is 5.32 Å². The Kier molecular flexibility index (Phi) is 6.71. The Morgan fingerprint density at radius 2 is 1.91 bits per heavy atom. The highest BCUT2D eigenvalue weighted by molar-refractivity contribution is 8.00. The Morgan fingerprint density at radius 1 is 1.21 bits per heavy atom. The number of thiophene rings is 1. The van der Waals surface area contributed by atoms with Crippen molar-refractivity contribution in [3.63, 3.8) is 0 Å². The van der Waals surface area contributed by atoms with Crippen molar-refractivity contribution in [2.24, 2.45) is 0 Å². The highest BCUT2D eigenvalue weighted by Gasteiger charge is 2.23. The van der Waals surface area contributed by atoms with Crippen molar-refractivity contribution in [3.8, 4) is 11.1 Å². The van der Waals surface area contributed by atoms with Crippen LogP contribution in [0.25, 0.3) is 21.3 Å². The molecule has 0 aliphatic carbocycles. The first kappa shape index (κ1) is 22.9. The fraction of sp³-hybridized carbons (Fsp3) is 0.125. The fourth-order valence-corrected chi connectivity index (χ4v) is 5.18. The number of hydrogen-bond acceptors (Lipinski definition) is 5. The van der Waals surface area contributed by atoms with Gasteiger partial charge in [-0.05, 0) is 24.6 Å². The van der Waals surface area contributed by atoms with E-state index in [-0.39, 0.29) is 12.1 Å². The standard InChI is InChI=1S/C24H19F2N3O2S2/c1-3-12-29-23(31)19-16(15-8-5-4-6-9-15)13-32-22(19)28-24(29)33-14(2)21(30)27-20-17(25)10-7-11-18(20)26/h3-11,13-14H,1,12H2,2H3,(H,27,30). The van der Waals surface area contributed by atoms with E-state index < -0.39 is 28.5 Å². The largest absolute Gasteiger partial charge is 0.320 e. The summed E-state index contributed by atoms with van der Waals surface area (Å²) in [5, 5.41) is 4.22. The monoisotopic (exact) mass is 483 g/mol. The van der Waals surface area contributed by atoms with Crippen molar-refractivity contribution >= 4 is 44.9 Å². The average molecular weight is 484 g/mol. The summed E-state index contributed by atoms with van der Waals surface area (Å²) < 4.78 is 29.3. The van der Waals surface area contributed by atoms with Gasteiger partial charge in [0.2, 0.25) is 5.91 Å². The van der Waals surface area contributed by atoms with Crippen LogP contribution in [0.5, 0.6) is 0 Å². The van der Waals surface area contributed by atoms with Crippen LogP contribution in [0.1, 0.15) is 6.92 Å². The SMILES string of the molecule is C=CCn1c(SC(C)C(=O)Nc2c(F)cccc2F)nc2scc(-c3ccccc3)c2c1=O. The number of benzene rings is 2. The van der Waals surface area contributed by atoms with Gasteiger partial charge in [0, 0.05) is 17.5 Å². The van der Waals surface area contributed by atoms with E-state index in [0.29, 0.717) is 15.4 Å². The van der Waals surface area contributed by atoms with Crippen LogP contribution in [-0.4, -0.2) is 20.7 Å². The molecular formula is C24H19F2N3O2S2. The molecule has 0 saturated carbocycles. The number of allylic oxidation sites excluding steroid dienone is 1. The van der Waals surface area contributed by atoms with Gasteiger partial charge in [-0.15, -0.1) is 17.9 Å². The first-order chi connectivity index (χ1) is 15.9. The lowest BCUT2D eigenvalue weighted by atomic mass is 10.1. The van der Waals surface area contributed by atoms with Crippen molar-refractivity contribution in [2.45, 2.75) is 23.9 Å². The van der Waals surface area contributed by atoms with E-state index in [2.05, 4.69) is 16.9 Å². The molecule has 0 fully saturated rings. The predicted octanol–water partition coefficient (Wildman–Crippen LogP) is 5.71. The van der Waals surface area contributed by atoms with Gasteiger partial charge >= 0.3 is 0 Å². The van der Waals surface area contributed by atoms with Crippen LogP contribution in [0, 0.1) is 11.6 Å². The van der Waals surface area contributed by atoms with Gasteiger partial charge in [-0.2, -0.15) is 0 Å². The number of carbonyl (C=O) groups is 1. The lowest BCUT2D eigenvalue weighted by molar-refractivity contribution is -0.115. The molecule has 0 bridgehead atoms. The number of fused-ring (bicyclic) bond motifs is 1. The molecule has 0 spiro atoms. The summed E-state index contributed by atoms with van der Waals surface area (Å²) in [6, 6.07) is 12.9. The fourth-order valence-electron chi connectivity index (χ4n) is 3.27. The zero-order valence-electron chi connectivity index (χ0n) is 17.5. The summed E-state index contributed by atoms with van der Waals surface area (Å²) in [7, 11) is 0. The lowest BCUT2D eigenvalue weighted by Crippen LogP contribution is -2.27. The molecule has 9 heteroatoms. The molecule has 5 nitrogen and oxygen atoms in total. The topological polar surface area (TPSA) is 64.0 Å². The molecule has 2 aromatic heterocycles. The second-order valence-corrected chi connectivity index (χ2v) is 9.31. The van der Waals surface area contributed by atoms with Gasteiger partial charge in [0.15, 0.2) is 5.16 Å². The second-order valence-electron chi connectivity index (χ2n) is 7.14. The Balaban J connectivity index is 1.69. The molecule has 1 N–H and O–H groups in total. The maximum absolute atomic E-state index is 13.9. The number of thioether (sulfide) groups is 1. The Morgan fingerprint density at radius 3 is 2.58 bits per heavy atom. The molecule has 1 atom stereocenters. The van der Waals surface area contributed by atoms with Crippen molar-refractivity contribution < 1.29 is 13.6 Å². The quantitative estimate of drug-likeness (QED) is 0.208. The van der Waals surface area contributed by atoms with E-state index in [1.807, 2.05) is 35.7 Å².